The van der Waals surface area contributed by atoms with E-state index in [1.807, 2.05) is 51.4 Å². The van der Waals surface area contributed by atoms with Crippen molar-refractivity contribution >= 4 is 17.7 Å². The van der Waals surface area contributed by atoms with Gasteiger partial charge in [-0.25, -0.2) is 0 Å². The molecule has 25 heavy (non-hydrogen) atoms. The lowest BCUT2D eigenvalue weighted by molar-refractivity contribution is -0.120. The van der Waals surface area contributed by atoms with Gasteiger partial charge in [0.1, 0.15) is 0 Å². The normalized spacial score (nSPS) is 12.1. The predicted molar refractivity (Wildman–Crippen MR) is 94.3 cm³/mol. The van der Waals surface area contributed by atoms with E-state index in [1.54, 1.807) is 15.6 Å². The lowest BCUT2D eigenvalue weighted by Crippen LogP contribution is -2.30. The topological polar surface area (TPSA) is 90.5 Å². The molecule has 1 aromatic carbocycles. The fourth-order valence-corrected chi connectivity index (χ4v) is 3.11. The molecule has 3 rings (SSSR count). The molecule has 130 valence electrons. The Morgan fingerprint density at radius 1 is 1.40 bits per heavy atom. The predicted octanol–water partition coefficient (Wildman–Crippen LogP) is 1.50. The zero-order valence-corrected chi connectivity index (χ0v) is 15.1. The van der Waals surface area contributed by atoms with Gasteiger partial charge in [-0.3, -0.25) is 9.48 Å². The zero-order chi connectivity index (χ0) is 17.8. The van der Waals surface area contributed by atoms with Crippen molar-refractivity contribution in [1.29, 1.82) is 0 Å². The summed E-state index contributed by atoms with van der Waals surface area (Å²) < 4.78 is 3.35. The van der Waals surface area contributed by atoms with E-state index in [2.05, 4.69) is 25.9 Å². The molecule has 0 fully saturated rings. The summed E-state index contributed by atoms with van der Waals surface area (Å²) in [6, 6.07) is 7.88. The van der Waals surface area contributed by atoms with E-state index in [-0.39, 0.29) is 11.2 Å². The van der Waals surface area contributed by atoms with Crippen molar-refractivity contribution in [2.45, 2.75) is 30.8 Å². The highest BCUT2D eigenvalue weighted by Gasteiger charge is 2.19. The van der Waals surface area contributed by atoms with Crippen molar-refractivity contribution < 1.29 is 4.79 Å². The second-order valence-electron chi connectivity index (χ2n) is 5.71. The fraction of sp³-hybridized carbons (Fsp3) is 0.312. The molecule has 3 aromatic rings. The Labute approximate surface area is 149 Å². The largest absolute Gasteiger partial charge is 0.351 e. The molecule has 2 heterocycles. The third kappa shape index (κ3) is 4.24. The summed E-state index contributed by atoms with van der Waals surface area (Å²) in [4.78, 5) is 12.3. The third-order valence-corrected chi connectivity index (χ3v) is 4.60. The van der Waals surface area contributed by atoms with Crippen LogP contribution >= 0.6 is 11.8 Å². The van der Waals surface area contributed by atoms with Crippen molar-refractivity contribution in [2.75, 3.05) is 0 Å². The highest BCUT2D eigenvalue weighted by molar-refractivity contribution is 8.00. The van der Waals surface area contributed by atoms with Crippen LogP contribution in [0.5, 0.6) is 0 Å². The highest BCUT2D eigenvalue weighted by atomic mass is 32.2. The Bertz CT molecular complexity index is 873. The van der Waals surface area contributed by atoms with Gasteiger partial charge in [0, 0.05) is 25.4 Å². The van der Waals surface area contributed by atoms with Crippen LogP contribution in [0.1, 0.15) is 18.1 Å². The van der Waals surface area contributed by atoms with Crippen LogP contribution in [0.3, 0.4) is 0 Å². The number of carbonyl (C=O) groups excluding carboxylic acids is 1. The number of aromatic nitrogens is 6. The van der Waals surface area contributed by atoms with Crippen LogP contribution < -0.4 is 5.32 Å². The molecule has 0 saturated carbocycles. The van der Waals surface area contributed by atoms with Gasteiger partial charge in [0.25, 0.3) is 0 Å². The Kier molecular flexibility index (Phi) is 5.13. The van der Waals surface area contributed by atoms with Crippen molar-refractivity contribution in [2.24, 2.45) is 7.05 Å². The fourth-order valence-electron chi connectivity index (χ4n) is 2.28. The molecule has 1 atom stereocenters. The number of nitrogens with one attached hydrogen (secondary N) is 1. The summed E-state index contributed by atoms with van der Waals surface area (Å²) in [5, 5.41) is 19.0. The van der Waals surface area contributed by atoms with Gasteiger partial charge in [-0.1, -0.05) is 23.9 Å². The van der Waals surface area contributed by atoms with Gasteiger partial charge in [0.2, 0.25) is 11.1 Å². The van der Waals surface area contributed by atoms with E-state index in [1.165, 1.54) is 11.8 Å². The SMILES string of the molecule is Cc1cccc(-n2nnnc2SC(C)C(=O)NCc2cnn(C)c2)c1. The first-order chi connectivity index (χ1) is 12.0. The summed E-state index contributed by atoms with van der Waals surface area (Å²) >= 11 is 1.32. The number of aryl methyl sites for hydroxylation is 2. The van der Waals surface area contributed by atoms with Crippen LogP contribution in [0.4, 0.5) is 0 Å². The first kappa shape index (κ1) is 17.2. The molecule has 1 unspecified atom stereocenters. The summed E-state index contributed by atoms with van der Waals surface area (Å²) in [6.45, 7) is 4.29. The van der Waals surface area contributed by atoms with Gasteiger partial charge < -0.3 is 5.32 Å². The lowest BCUT2D eigenvalue weighted by atomic mass is 10.2. The molecular formula is C16H19N7OS. The molecule has 0 bridgehead atoms. The first-order valence-electron chi connectivity index (χ1n) is 7.80. The van der Waals surface area contributed by atoms with Crippen LogP contribution in [0.25, 0.3) is 5.69 Å². The minimum atomic E-state index is -0.328. The minimum absolute atomic E-state index is 0.0763. The summed E-state index contributed by atoms with van der Waals surface area (Å²) in [6.07, 6.45) is 3.60. The number of rotatable bonds is 6. The van der Waals surface area contributed by atoms with Crippen molar-refractivity contribution in [1.82, 2.24) is 35.3 Å². The maximum Gasteiger partial charge on any atom is 0.233 e. The quantitative estimate of drug-likeness (QED) is 0.673. The first-order valence-corrected chi connectivity index (χ1v) is 8.68. The van der Waals surface area contributed by atoms with Crippen molar-refractivity contribution in [3.63, 3.8) is 0 Å². The molecule has 1 N–H and O–H groups in total. The van der Waals surface area contributed by atoms with Crippen LogP contribution in [-0.2, 0) is 18.4 Å². The number of nitrogens with zero attached hydrogens (tertiary/aromatic N) is 6. The molecular weight excluding hydrogens is 338 g/mol. The molecule has 0 aliphatic heterocycles. The highest BCUT2D eigenvalue weighted by Crippen LogP contribution is 2.23. The van der Waals surface area contributed by atoms with Crippen LogP contribution in [0, 0.1) is 6.92 Å². The van der Waals surface area contributed by atoms with Crippen LogP contribution in [0.15, 0.2) is 41.8 Å². The second-order valence-corrected chi connectivity index (χ2v) is 7.02. The van der Waals surface area contributed by atoms with E-state index in [0.717, 1.165) is 16.8 Å². The number of hydrogen-bond acceptors (Lipinski definition) is 6. The number of amides is 1. The molecule has 1 amide bonds. The number of benzene rings is 1. The zero-order valence-electron chi connectivity index (χ0n) is 14.2. The average molecular weight is 357 g/mol. The summed E-state index contributed by atoms with van der Waals surface area (Å²) in [5.74, 6) is -0.0763. The summed E-state index contributed by atoms with van der Waals surface area (Å²) in [5.41, 5.74) is 2.94. The van der Waals surface area contributed by atoms with E-state index in [9.17, 15) is 4.79 Å². The molecule has 8 nitrogen and oxygen atoms in total. The average Bonchev–Trinajstić information content (AvgIpc) is 3.21. The molecule has 9 heteroatoms. The maximum absolute atomic E-state index is 12.3. The number of thioether (sulfide) groups is 1. The molecule has 0 radical (unpaired) electrons. The van der Waals surface area contributed by atoms with Gasteiger partial charge in [-0.15, -0.1) is 5.10 Å². The Hall–Kier alpha value is -2.68. The van der Waals surface area contributed by atoms with Gasteiger partial charge in [0.05, 0.1) is 17.1 Å². The molecule has 2 aromatic heterocycles. The minimum Gasteiger partial charge on any atom is -0.351 e. The molecule has 0 aliphatic carbocycles. The van der Waals surface area contributed by atoms with Crippen LogP contribution in [-0.4, -0.2) is 41.1 Å². The number of carbonyl (C=O) groups is 1. The standard InChI is InChI=1S/C16H19N7OS/c1-11-5-4-6-14(7-11)23-16(19-20-21-23)25-12(2)15(24)17-8-13-9-18-22(3)10-13/h4-7,9-10,12H,8H2,1-3H3,(H,17,24). The van der Waals surface area contributed by atoms with Crippen molar-refractivity contribution in [3.8, 4) is 5.69 Å². The van der Waals surface area contributed by atoms with Crippen LogP contribution in [0.2, 0.25) is 0 Å². The Morgan fingerprint density at radius 2 is 2.24 bits per heavy atom. The number of tetrazole rings is 1. The monoisotopic (exact) mass is 357 g/mol. The lowest BCUT2D eigenvalue weighted by Gasteiger charge is -2.11. The molecule has 0 aliphatic rings. The van der Waals surface area contributed by atoms with E-state index in [4.69, 9.17) is 0 Å². The van der Waals surface area contributed by atoms with Gasteiger partial charge >= 0.3 is 0 Å². The van der Waals surface area contributed by atoms with Gasteiger partial charge in [-0.05, 0) is 42.0 Å². The van der Waals surface area contributed by atoms with E-state index >= 15 is 0 Å². The Morgan fingerprint density at radius 3 is 2.96 bits per heavy atom. The van der Waals surface area contributed by atoms with Crippen molar-refractivity contribution in [3.05, 3.63) is 47.8 Å². The second kappa shape index (κ2) is 7.47. The van der Waals surface area contributed by atoms with E-state index < -0.39 is 0 Å². The maximum atomic E-state index is 12.3. The smallest absolute Gasteiger partial charge is 0.233 e. The molecule has 0 saturated heterocycles. The van der Waals surface area contributed by atoms with Gasteiger partial charge in [-0.2, -0.15) is 9.78 Å². The van der Waals surface area contributed by atoms with E-state index in [0.29, 0.717) is 11.7 Å². The molecule has 0 spiro atoms. The number of hydrogen-bond donors (Lipinski definition) is 1. The Balaban J connectivity index is 1.64. The summed E-state index contributed by atoms with van der Waals surface area (Å²) in [7, 11) is 1.84. The third-order valence-electron chi connectivity index (χ3n) is 3.56. The van der Waals surface area contributed by atoms with Gasteiger partial charge in [0.15, 0.2) is 0 Å².